The van der Waals surface area contributed by atoms with E-state index in [-0.39, 0.29) is 5.41 Å². The molecule has 0 saturated heterocycles. The van der Waals surface area contributed by atoms with Crippen LogP contribution in [0.5, 0.6) is 5.75 Å². The Morgan fingerprint density at radius 2 is 1.08 bits per heavy atom. The second kappa shape index (κ2) is 10.7. The van der Waals surface area contributed by atoms with Crippen LogP contribution in [0.3, 0.4) is 0 Å². The lowest BCUT2D eigenvalue weighted by Gasteiger charge is -2.32. The van der Waals surface area contributed by atoms with E-state index in [4.69, 9.17) is 0 Å². The van der Waals surface area contributed by atoms with E-state index < -0.39 is 5.41 Å². The van der Waals surface area contributed by atoms with E-state index in [1.807, 2.05) is 66.7 Å². The van der Waals surface area contributed by atoms with Crippen LogP contribution in [0.2, 0.25) is 0 Å². The van der Waals surface area contributed by atoms with Gasteiger partial charge in [-0.15, -0.1) is 5.11 Å². The minimum atomic E-state index is -0.441. The number of phenols is 1. The molecule has 0 heterocycles. The van der Waals surface area contributed by atoms with Crippen LogP contribution >= 0.6 is 0 Å². The van der Waals surface area contributed by atoms with Gasteiger partial charge in [-0.05, 0) is 46.5 Å². The molecule has 0 saturated carbocycles. The first-order chi connectivity index (χ1) is 18.8. The Morgan fingerprint density at radius 3 is 1.77 bits per heavy atom. The molecule has 0 aliphatic carbocycles. The summed E-state index contributed by atoms with van der Waals surface area (Å²) >= 11 is 0. The summed E-state index contributed by atoms with van der Waals surface area (Å²) in [5.41, 5.74) is 7.46. The summed E-state index contributed by atoms with van der Waals surface area (Å²) in [5.74, 6) is 0.300. The Hall–Kier alpha value is -4.50. The van der Waals surface area contributed by atoms with Crippen molar-refractivity contribution >= 4 is 11.4 Å². The second-order valence-corrected chi connectivity index (χ2v) is 11.0. The van der Waals surface area contributed by atoms with Crippen molar-refractivity contribution in [3.63, 3.8) is 0 Å². The van der Waals surface area contributed by atoms with E-state index in [1.54, 1.807) is 6.07 Å². The molecule has 39 heavy (non-hydrogen) atoms. The monoisotopic (exact) mass is 510 g/mol. The molecule has 0 unspecified atom stereocenters. The van der Waals surface area contributed by atoms with Crippen LogP contribution < -0.4 is 0 Å². The number of phenolic OH excluding ortho intramolecular Hbond substituents is 1. The second-order valence-electron chi connectivity index (χ2n) is 11.0. The predicted octanol–water partition coefficient (Wildman–Crippen LogP) is 10.1. The van der Waals surface area contributed by atoms with Crippen molar-refractivity contribution in [3.05, 3.63) is 150 Å². The summed E-state index contributed by atoms with van der Waals surface area (Å²) in [6, 6.07) is 42.9. The topological polar surface area (TPSA) is 45.0 Å². The minimum Gasteiger partial charge on any atom is -0.508 e. The highest BCUT2D eigenvalue weighted by atomic mass is 16.3. The van der Waals surface area contributed by atoms with E-state index in [9.17, 15) is 5.11 Å². The molecular weight excluding hydrogens is 476 g/mol. The lowest BCUT2D eigenvalue weighted by molar-refractivity contribution is 0.453. The lowest BCUT2D eigenvalue weighted by atomic mass is 9.72. The smallest absolute Gasteiger partial charge is 0.119 e. The normalized spacial score (nSPS) is 12.1. The maximum absolute atomic E-state index is 10.8. The summed E-state index contributed by atoms with van der Waals surface area (Å²) in [6.07, 6.45) is 0. The van der Waals surface area contributed by atoms with Crippen LogP contribution in [0.25, 0.3) is 11.1 Å². The number of benzene rings is 5. The Balaban J connectivity index is 1.70. The van der Waals surface area contributed by atoms with Crippen molar-refractivity contribution in [1.82, 2.24) is 0 Å². The molecule has 0 amide bonds. The van der Waals surface area contributed by atoms with Crippen LogP contribution in [0.15, 0.2) is 138 Å². The summed E-state index contributed by atoms with van der Waals surface area (Å²) in [4.78, 5) is 0. The molecule has 5 rings (SSSR count). The standard InChI is InChI=1S/C36H34N2O/c1-35(2,27-15-7-5-8-16-27)28-23-26(24-29(25-28)36(3,4)32-20-12-14-22-34(32)39)31-19-11-13-21-33(31)38-37-30-17-9-6-10-18-30/h5-25,39H,1-4H3. The highest BCUT2D eigenvalue weighted by Crippen LogP contribution is 2.43. The van der Waals surface area contributed by atoms with Crippen molar-refractivity contribution < 1.29 is 5.11 Å². The molecule has 0 atom stereocenters. The Bertz CT molecular complexity index is 1600. The quantitative estimate of drug-likeness (QED) is 0.217. The fourth-order valence-electron chi connectivity index (χ4n) is 5.10. The maximum Gasteiger partial charge on any atom is 0.119 e. The molecule has 5 aromatic carbocycles. The van der Waals surface area contributed by atoms with E-state index in [1.165, 1.54) is 11.1 Å². The maximum atomic E-state index is 10.8. The van der Waals surface area contributed by atoms with Gasteiger partial charge in [-0.25, -0.2) is 0 Å². The Labute approximate surface area is 231 Å². The van der Waals surface area contributed by atoms with E-state index in [2.05, 4.69) is 92.5 Å². The number of rotatable bonds is 7. The fourth-order valence-corrected chi connectivity index (χ4v) is 5.10. The molecule has 0 bridgehead atoms. The number of para-hydroxylation sites is 1. The number of hydrogen-bond donors (Lipinski definition) is 1. The zero-order valence-corrected chi connectivity index (χ0v) is 23.0. The van der Waals surface area contributed by atoms with Gasteiger partial charge in [-0.2, -0.15) is 5.11 Å². The average molecular weight is 511 g/mol. The zero-order chi connectivity index (χ0) is 27.5. The van der Waals surface area contributed by atoms with Gasteiger partial charge in [0.1, 0.15) is 5.75 Å². The molecule has 5 aromatic rings. The zero-order valence-electron chi connectivity index (χ0n) is 23.0. The average Bonchev–Trinajstić information content (AvgIpc) is 2.97. The molecule has 0 aliphatic heterocycles. The van der Waals surface area contributed by atoms with Crippen LogP contribution in [-0.2, 0) is 10.8 Å². The van der Waals surface area contributed by atoms with Crippen molar-refractivity contribution in [2.24, 2.45) is 10.2 Å². The van der Waals surface area contributed by atoms with E-state index in [0.29, 0.717) is 5.75 Å². The molecule has 3 heteroatoms. The van der Waals surface area contributed by atoms with E-state index >= 15 is 0 Å². The number of hydrogen-bond acceptors (Lipinski definition) is 3. The third kappa shape index (κ3) is 5.39. The first-order valence-corrected chi connectivity index (χ1v) is 13.3. The minimum absolute atomic E-state index is 0.249. The molecule has 0 aliphatic rings. The van der Waals surface area contributed by atoms with E-state index in [0.717, 1.165) is 33.6 Å². The van der Waals surface area contributed by atoms with Gasteiger partial charge in [0.05, 0.1) is 11.4 Å². The van der Waals surface area contributed by atoms with Crippen LogP contribution in [0, 0.1) is 0 Å². The van der Waals surface area contributed by atoms with Gasteiger partial charge < -0.3 is 5.11 Å². The van der Waals surface area contributed by atoms with Crippen molar-refractivity contribution in [1.29, 1.82) is 0 Å². The highest BCUT2D eigenvalue weighted by molar-refractivity contribution is 5.77. The lowest BCUT2D eigenvalue weighted by Crippen LogP contribution is -2.23. The van der Waals surface area contributed by atoms with Gasteiger partial charge >= 0.3 is 0 Å². The van der Waals surface area contributed by atoms with Crippen LogP contribution in [0.1, 0.15) is 49.9 Å². The van der Waals surface area contributed by atoms with Gasteiger partial charge in [-0.1, -0.05) is 131 Å². The number of nitrogens with zero attached hydrogens (tertiary/aromatic N) is 2. The largest absolute Gasteiger partial charge is 0.508 e. The van der Waals surface area contributed by atoms with Gasteiger partial charge in [0.25, 0.3) is 0 Å². The van der Waals surface area contributed by atoms with Gasteiger partial charge in [0.2, 0.25) is 0 Å². The Morgan fingerprint density at radius 1 is 0.513 bits per heavy atom. The summed E-state index contributed by atoms with van der Waals surface area (Å²) in [6.45, 7) is 8.86. The molecule has 0 radical (unpaired) electrons. The third-order valence-electron chi connectivity index (χ3n) is 7.69. The van der Waals surface area contributed by atoms with Gasteiger partial charge in [-0.3, -0.25) is 0 Å². The summed E-state index contributed by atoms with van der Waals surface area (Å²) in [5, 5.41) is 20.0. The van der Waals surface area contributed by atoms with Crippen LogP contribution in [-0.4, -0.2) is 5.11 Å². The van der Waals surface area contributed by atoms with Gasteiger partial charge in [0.15, 0.2) is 0 Å². The number of aromatic hydroxyl groups is 1. The molecule has 3 nitrogen and oxygen atoms in total. The van der Waals surface area contributed by atoms with Crippen LogP contribution in [0.4, 0.5) is 11.4 Å². The van der Waals surface area contributed by atoms with Crippen molar-refractivity contribution in [2.75, 3.05) is 0 Å². The summed E-state index contributed by atoms with van der Waals surface area (Å²) < 4.78 is 0. The molecular formula is C36H34N2O. The van der Waals surface area contributed by atoms with Gasteiger partial charge in [0, 0.05) is 22.0 Å². The molecule has 0 spiro atoms. The predicted molar refractivity (Wildman–Crippen MR) is 161 cm³/mol. The highest BCUT2D eigenvalue weighted by Gasteiger charge is 2.30. The SMILES string of the molecule is CC(C)(c1ccccc1)c1cc(-c2ccccc2N=Nc2ccccc2)cc(C(C)(C)c2ccccc2O)c1. The fraction of sp³-hybridized carbons (Fsp3) is 0.167. The molecule has 0 fully saturated rings. The third-order valence-corrected chi connectivity index (χ3v) is 7.69. The first-order valence-electron chi connectivity index (χ1n) is 13.3. The van der Waals surface area contributed by atoms with Crippen molar-refractivity contribution in [2.45, 2.75) is 38.5 Å². The summed E-state index contributed by atoms with van der Waals surface area (Å²) in [7, 11) is 0. The first kappa shape index (κ1) is 26.1. The Kier molecular flexibility index (Phi) is 7.17. The van der Waals surface area contributed by atoms with Crippen molar-refractivity contribution in [3.8, 4) is 16.9 Å². The molecule has 194 valence electrons. The molecule has 1 N–H and O–H groups in total. The number of azo groups is 1. The molecule has 0 aromatic heterocycles.